The zero-order valence-corrected chi connectivity index (χ0v) is 16.5. The molecule has 3 N–H and O–H groups in total. The van der Waals surface area contributed by atoms with E-state index < -0.39 is 0 Å². The lowest BCUT2D eigenvalue weighted by molar-refractivity contribution is -0.126. The van der Waals surface area contributed by atoms with E-state index in [0.29, 0.717) is 13.1 Å². The molecule has 1 atom stereocenters. The number of aryl methyl sites for hydroxylation is 1. The summed E-state index contributed by atoms with van der Waals surface area (Å²) in [4.78, 5) is 23.3. The van der Waals surface area contributed by atoms with Crippen molar-refractivity contribution in [2.24, 2.45) is 5.92 Å². The first kappa shape index (κ1) is 19.9. The van der Waals surface area contributed by atoms with Crippen LogP contribution in [0.25, 0.3) is 0 Å². The molecule has 5 nitrogen and oxygen atoms in total. The highest BCUT2D eigenvalue weighted by atomic mass is 16.2. The first-order valence-corrected chi connectivity index (χ1v) is 10.1. The summed E-state index contributed by atoms with van der Waals surface area (Å²) in [6, 6.07) is 16.6. The van der Waals surface area contributed by atoms with Crippen molar-refractivity contribution in [3.8, 4) is 0 Å². The zero-order chi connectivity index (χ0) is 19.8. The van der Waals surface area contributed by atoms with E-state index in [4.69, 9.17) is 0 Å². The minimum absolute atomic E-state index is 0.0513. The molecule has 0 aliphatic carbocycles. The van der Waals surface area contributed by atoms with Crippen molar-refractivity contribution < 1.29 is 9.59 Å². The molecule has 3 rings (SSSR count). The van der Waals surface area contributed by atoms with Gasteiger partial charge in [0.2, 0.25) is 11.8 Å². The predicted molar refractivity (Wildman–Crippen MR) is 112 cm³/mol. The third-order valence-electron chi connectivity index (χ3n) is 5.08. The number of amides is 2. The quantitative estimate of drug-likeness (QED) is 0.579. The van der Waals surface area contributed by atoms with Gasteiger partial charge in [-0.05, 0) is 48.2 Å². The minimum atomic E-state index is -0.251. The first-order valence-electron chi connectivity index (χ1n) is 10.1. The average Bonchev–Trinajstić information content (AvgIpc) is 3.15. The maximum Gasteiger partial charge on any atom is 0.225 e. The Balaban J connectivity index is 1.46. The lowest BCUT2D eigenvalue weighted by atomic mass is 10.1. The molecule has 0 saturated carbocycles. The van der Waals surface area contributed by atoms with Crippen LogP contribution in [0.2, 0.25) is 0 Å². The summed E-state index contributed by atoms with van der Waals surface area (Å²) in [6.45, 7) is 3.13. The topological polar surface area (TPSA) is 70.2 Å². The molecule has 28 heavy (non-hydrogen) atoms. The fraction of sp³-hybridized carbons (Fsp3) is 0.391. The summed E-state index contributed by atoms with van der Waals surface area (Å²) in [6.07, 6.45) is 5.19. The lowest BCUT2D eigenvalue weighted by Gasteiger charge is -2.11. The molecule has 1 unspecified atom stereocenters. The Morgan fingerprint density at radius 1 is 1.00 bits per heavy atom. The molecule has 1 aliphatic heterocycles. The van der Waals surface area contributed by atoms with Crippen molar-refractivity contribution in [3.05, 3.63) is 59.7 Å². The van der Waals surface area contributed by atoms with Crippen molar-refractivity contribution in [3.63, 3.8) is 0 Å². The molecule has 1 aliphatic rings. The number of rotatable bonds is 9. The normalized spacial score (nSPS) is 15.9. The Hall–Kier alpha value is -2.82. The molecular weight excluding hydrogens is 350 g/mol. The lowest BCUT2D eigenvalue weighted by Crippen LogP contribution is -2.31. The molecule has 5 heteroatoms. The molecule has 1 saturated heterocycles. The van der Waals surface area contributed by atoms with Gasteiger partial charge in [0.15, 0.2) is 0 Å². The second kappa shape index (κ2) is 9.93. The standard InChI is InChI=1S/C23H29N3O2/c1-2-3-4-5-17-6-10-20(11-7-17)26-21-12-8-18(9-13-21)15-25-23(28)19-14-22(27)24-16-19/h6-13,19,26H,2-5,14-16H2,1H3,(H,24,27)(H,25,28). The molecular formula is C23H29N3O2. The number of nitrogens with one attached hydrogen (secondary N) is 3. The van der Waals surface area contributed by atoms with Gasteiger partial charge in [-0.25, -0.2) is 0 Å². The predicted octanol–water partition coefficient (Wildman–Crippen LogP) is 3.92. The van der Waals surface area contributed by atoms with Crippen LogP contribution in [0.15, 0.2) is 48.5 Å². The van der Waals surface area contributed by atoms with E-state index in [1.54, 1.807) is 0 Å². The van der Waals surface area contributed by atoms with Crippen LogP contribution in [0, 0.1) is 5.92 Å². The van der Waals surface area contributed by atoms with Crippen molar-refractivity contribution >= 4 is 23.2 Å². The largest absolute Gasteiger partial charge is 0.356 e. The molecule has 0 spiro atoms. The van der Waals surface area contributed by atoms with Gasteiger partial charge in [-0.1, -0.05) is 44.0 Å². The van der Waals surface area contributed by atoms with Gasteiger partial charge < -0.3 is 16.0 Å². The second-order valence-corrected chi connectivity index (χ2v) is 7.40. The minimum Gasteiger partial charge on any atom is -0.356 e. The van der Waals surface area contributed by atoms with E-state index in [1.165, 1.54) is 24.8 Å². The molecule has 0 aromatic heterocycles. The van der Waals surface area contributed by atoms with Crippen LogP contribution < -0.4 is 16.0 Å². The molecule has 1 heterocycles. The van der Waals surface area contributed by atoms with Crippen molar-refractivity contribution in [1.82, 2.24) is 10.6 Å². The highest BCUT2D eigenvalue weighted by Gasteiger charge is 2.27. The van der Waals surface area contributed by atoms with Crippen LogP contribution in [0.3, 0.4) is 0 Å². The molecule has 0 radical (unpaired) electrons. The summed E-state index contributed by atoms with van der Waals surface area (Å²) in [5, 5.41) is 9.00. The van der Waals surface area contributed by atoms with Crippen LogP contribution >= 0.6 is 0 Å². The van der Waals surface area contributed by atoms with E-state index in [2.05, 4.69) is 47.1 Å². The number of carbonyl (C=O) groups is 2. The highest BCUT2D eigenvalue weighted by molar-refractivity contribution is 5.89. The SMILES string of the molecule is CCCCCc1ccc(Nc2ccc(CNC(=O)C3CNC(=O)C3)cc2)cc1. The molecule has 2 amide bonds. The molecule has 148 valence electrons. The van der Waals surface area contributed by atoms with E-state index in [9.17, 15) is 9.59 Å². The van der Waals surface area contributed by atoms with Gasteiger partial charge in [-0.2, -0.15) is 0 Å². The van der Waals surface area contributed by atoms with Crippen molar-refractivity contribution in [2.75, 3.05) is 11.9 Å². The first-order chi connectivity index (χ1) is 13.6. The number of hydrogen-bond donors (Lipinski definition) is 3. The van der Waals surface area contributed by atoms with Crippen LogP contribution in [0.5, 0.6) is 0 Å². The van der Waals surface area contributed by atoms with Gasteiger partial charge in [0.25, 0.3) is 0 Å². The summed E-state index contributed by atoms with van der Waals surface area (Å²) in [5.41, 5.74) is 4.49. The third kappa shape index (κ3) is 5.84. The van der Waals surface area contributed by atoms with Crippen molar-refractivity contribution in [2.45, 2.75) is 45.6 Å². The van der Waals surface area contributed by atoms with Gasteiger partial charge in [0.1, 0.15) is 0 Å². The molecule has 0 bridgehead atoms. The Labute approximate surface area is 166 Å². The summed E-state index contributed by atoms with van der Waals surface area (Å²) < 4.78 is 0. The molecule has 1 fully saturated rings. The Bertz CT molecular complexity index is 784. The monoisotopic (exact) mass is 379 g/mol. The van der Waals surface area contributed by atoms with Crippen molar-refractivity contribution in [1.29, 1.82) is 0 Å². The second-order valence-electron chi connectivity index (χ2n) is 7.40. The van der Waals surface area contributed by atoms with Gasteiger partial charge in [0.05, 0.1) is 5.92 Å². The summed E-state index contributed by atoms with van der Waals surface area (Å²) in [7, 11) is 0. The van der Waals surface area contributed by atoms with Gasteiger partial charge in [-0.3, -0.25) is 9.59 Å². The maximum atomic E-state index is 12.1. The van der Waals surface area contributed by atoms with E-state index in [0.717, 1.165) is 23.4 Å². The average molecular weight is 380 g/mol. The number of hydrogen-bond acceptors (Lipinski definition) is 3. The maximum absolute atomic E-state index is 12.1. The number of anilines is 2. The van der Waals surface area contributed by atoms with Gasteiger partial charge in [-0.15, -0.1) is 0 Å². The number of benzene rings is 2. The third-order valence-corrected chi connectivity index (χ3v) is 5.08. The Kier molecular flexibility index (Phi) is 7.06. The Morgan fingerprint density at radius 3 is 2.21 bits per heavy atom. The fourth-order valence-electron chi connectivity index (χ4n) is 3.33. The zero-order valence-electron chi connectivity index (χ0n) is 16.5. The van der Waals surface area contributed by atoms with Crippen LogP contribution in [-0.4, -0.2) is 18.4 Å². The van der Waals surface area contributed by atoms with Crippen LogP contribution in [0.4, 0.5) is 11.4 Å². The number of carbonyl (C=O) groups excluding carboxylic acids is 2. The molecule has 2 aromatic rings. The van der Waals surface area contributed by atoms with E-state index in [-0.39, 0.29) is 24.2 Å². The van der Waals surface area contributed by atoms with E-state index in [1.807, 2.05) is 24.3 Å². The van der Waals surface area contributed by atoms with E-state index >= 15 is 0 Å². The van der Waals surface area contributed by atoms with Crippen LogP contribution in [0.1, 0.15) is 43.7 Å². The highest BCUT2D eigenvalue weighted by Crippen LogP contribution is 2.19. The van der Waals surface area contributed by atoms with Crippen LogP contribution in [-0.2, 0) is 22.6 Å². The number of unbranched alkanes of at least 4 members (excludes halogenated alkanes) is 2. The summed E-state index contributed by atoms with van der Waals surface area (Å²) >= 11 is 0. The summed E-state index contributed by atoms with van der Waals surface area (Å²) in [5.74, 6) is -0.373. The Morgan fingerprint density at radius 2 is 1.64 bits per heavy atom. The van der Waals surface area contributed by atoms with Gasteiger partial charge >= 0.3 is 0 Å². The fourth-order valence-corrected chi connectivity index (χ4v) is 3.33. The molecule has 2 aromatic carbocycles. The smallest absolute Gasteiger partial charge is 0.225 e. The van der Waals surface area contributed by atoms with Gasteiger partial charge in [0, 0.05) is 30.9 Å².